The van der Waals surface area contributed by atoms with Crippen molar-refractivity contribution in [3.05, 3.63) is 27.8 Å². The molecular weight excluding hydrogens is 354 g/mol. The third kappa shape index (κ3) is 3.26. The highest BCUT2D eigenvalue weighted by atomic mass is 32.2. The monoisotopic (exact) mass is 379 g/mol. The minimum absolute atomic E-state index is 0.0642. The number of hydrogen-bond acceptors (Lipinski definition) is 5. The number of carbonyl (C=O) groups is 2. The molecule has 3 rings (SSSR count). The molecular formula is C19H25NO3S2. The maximum atomic E-state index is 13.1. The van der Waals surface area contributed by atoms with Crippen LogP contribution < -0.4 is 0 Å². The molecule has 2 heterocycles. The average molecular weight is 380 g/mol. The Labute approximate surface area is 157 Å². The molecule has 1 aromatic heterocycles. The van der Waals surface area contributed by atoms with Gasteiger partial charge in [-0.05, 0) is 24.8 Å². The number of aliphatic hydroxyl groups is 1. The fourth-order valence-electron chi connectivity index (χ4n) is 3.59. The van der Waals surface area contributed by atoms with E-state index < -0.39 is 5.41 Å². The molecule has 0 atom stereocenters. The summed E-state index contributed by atoms with van der Waals surface area (Å²) in [6, 6.07) is 0. The molecule has 6 heteroatoms. The number of fused-ring (bicyclic) bond motifs is 1. The molecule has 1 saturated heterocycles. The van der Waals surface area contributed by atoms with Gasteiger partial charge in [0.05, 0.1) is 20.9 Å². The van der Waals surface area contributed by atoms with Crippen molar-refractivity contribution in [2.45, 2.75) is 56.4 Å². The number of likely N-dealkylation sites (tertiary alicyclic amines) is 1. The van der Waals surface area contributed by atoms with Crippen LogP contribution in [0.5, 0.6) is 0 Å². The molecule has 4 nitrogen and oxygen atoms in total. The Morgan fingerprint density at radius 1 is 1.32 bits per heavy atom. The van der Waals surface area contributed by atoms with Crippen LogP contribution in [0.25, 0.3) is 0 Å². The first-order valence-corrected chi connectivity index (χ1v) is 10.5. The molecule has 1 amide bonds. The predicted octanol–water partition coefficient (Wildman–Crippen LogP) is 4.69. The zero-order valence-corrected chi connectivity index (χ0v) is 16.9. The van der Waals surface area contributed by atoms with Gasteiger partial charge in [-0.15, -0.1) is 23.1 Å². The average Bonchev–Trinajstić information content (AvgIpc) is 3.14. The number of aliphatic hydroxyl groups excluding tert-OH is 1. The van der Waals surface area contributed by atoms with Gasteiger partial charge in [0.2, 0.25) is 0 Å². The molecule has 0 spiro atoms. The lowest BCUT2D eigenvalue weighted by Gasteiger charge is -2.32. The first-order valence-electron chi connectivity index (χ1n) is 8.77. The van der Waals surface area contributed by atoms with E-state index in [0.29, 0.717) is 22.8 Å². The molecule has 0 saturated carbocycles. The Bertz CT molecular complexity index is 740. The van der Waals surface area contributed by atoms with Crippen LogP contribution in [-0.4, -0.2) is 40.0 Å². The lowest BCUT2D eigenvalue weighted by atomic mass is 9.71. The number of hydrogen-bond donors (Lipinski definition) is 1. The lowest BCUT2D eigenvalue weighted by Crippen LogP contribution is -2.33. The molecule has 0 unspecified atom stereocenters. The van der Waals surface area contributed by atoms with Crippen LogP contribution in [-0.2, 0) is 6.42 Å². The molecule has 1 aliphatic heterocycles. The number of rotatable bonds is 3. The summed E-state index contributed by atoms with van der Waals surface area (Å²) in [5.74, 6) is -0.0667. The van der Waals surface area contributed by atoms with E-state index in [-0.39, 0.29) is 11.7 Å². The third-order valence-electron chi connectivity index (χ3n) is 4.85. The zero-order valence-electron chi connectivity index (χ0n) is 15.2. The summed E-state index contributed by atoms with van der Waals surface area (Å²) in [6.45, 7) is 9.67. The molecule has 25 heavy (non-hydrogen) atoms. The van der Waals surface area contributed by atoms with Gasteiger partial charge in [0, 0.05) is 29.3 Å². The number of allylic oxidation sites excluding steroid dienone is 1. The maximum Gasteiger partial charge on any atom is 0.264 e. The van der Waals surface area contributed by atoms with E-state index in [1.165, 1.54) is 11.3 Å². The highest BCUT2D eigenvalue weighted by Crippen LogP contribution is 2.48. The Balaban J connectivity index is 2.13. The molecule has 2 aliphatic rings. The van der Waals surface area contributed by atoms with E-state index >= 15 is 0 Å². The molecule has 1 aromatic rings. The molecule has 0 bridgehead atoms. The molecule has 1 N–H and O–H groups in total. The fraction of sp³-hybridized carbons (Fsp3) is 0.579. The second kappa shape index (κ2) is 6.80. The summed E-state index contributed by atoms with van der Waals surface area (Å²) in [5.41, 5.74) is 1.49. The molecule has 0 aromatic carbocycles. The van der Waals surface area contributed by atoms with Crippen LogP contribution in [0.4, 0.5) is 0 Å². The van der Waals surface area contributed by atoms with Crippen molar-refractivity contribution >= 4 is 34.8 Å². The van der Waals surface area contributed by atoms with Crippen molar-refractivity contribution in [3.8, 4) is 0 Å². The zero-order chi connectivity index (χ0) is 18.4. The van der Waals surface area contributed by atoms with Gasteiger partial charge in [-0.1, -0.05) is 27.7 Å². The quantitative estimate of drug-likeness (QED) is 0.470. The van der Waals surface area contributed by atoms with Crippen LogP contribution in [0.1, 0.15) is 66.1 Å². The van der Waals surface area contributed by atoms with Crippen molar-refractivity contribution < 1.29 is 14.7 Å². The number of thioether (sulfide) groups is 1. The van der Waals surface area contributed by atoms with Crippen molar-refractivity contribution in [3.63, 3.8) is 0 Å². The molecule has 1 aliphatic carbocycles. The summed E-state index contributed by atoms with van der Waals surface area (Å²) in [5, 5.41) is 9.94. The van der Waals surface area contributed by atoms with Crippen LogP contribution >= 0.6 is 23.1 Å². The van der Waals surface area contributed by atoms with Gasteiger partial charge in [0.1, 0.15) is 0 Å². The highest BCUT2D eigenvalue weighted by molar-refractivity contribution is 8.01. The second-order valence-corrected chi connectivity index (χ2v) is 10.5. The number of Topliss-reactive ketones (excluding diaryl/α,β-unsaturated/α-hetero) is 1. The topological polar surface area (TPSA) is 57.6 Å². The van der Waals surface area contributed by atoms with Gasteiger partial charge in [-0.2, -0.15) is 0 Å². The number of amides is 1. The smallest absolute Gasteiger partial charge is 0.264 e. The van der Waals surface area contributed by atoms with Gasteiger partial charge >= 0.3 is 0 Å². The number of thiophene rings is 1. The number of nitrogens with zero attached hydrogens (tertiary/aromatic N) is 1. The normalized spacial score (nSPS) is 21.2. The number of ketones is 1. The Hall–Kier alpha value is -1.27. The van der Waals surface area contributed by atoms with Crippen molar-refractivity contribution in [2.75, 3.05) is 13.1 Å². The van der Waals surface area contributed by atoms with Crippen LogP contribution in [0.2, 0.25) is 0 Å². The van der Waals surface area contributed by atoms with Crippen molar-refractivity contribution in [2.24, 2.45) is 5.41 Å². The van der Waals surface area contributed by atoms with Crippen molar-refractivity contribution in [1.29, 1.82) is 0 Å². The van der Waals surface area contributed by atoms with Gasteiger partial charge in [-0.3, -0.25) is 9.59 Å². The van der Waals surface area contributed by atoms with Crippen LogP contribution in [0, 0.1) is 5.41 Å². The lowest BCUT2D eigenvalue weighted by molar-refractivity contribution is 0.0796. The van der Waals surface area contributed by atoms with Gasteiger partial charge in [-0.25, -0.2) is 0 Å². The number of carbonyl (C=O) groups excluding carboxylic acids is 2. The highest BCUT2D eigenvalue weighted by Gasteiger charge is 2.42. The Morgan fingerprint density at radius 3 is 2.52 bits per heavy atom. The van der Waals surface area contributed by atoms with Gasteiger partial charge in [0.25, 0.3) is 5.91 Å². The molecule has 0 radical (unpaired) electrons. The van der Waals surface area contributed by atoms with Crippen molar-refractivity contribution in [1.82, 2.24) is 4.90 Å². The van der Waals surface area contributed by atoms with E-state index in [0.717, 1.165) is 46.8 Å². The SMILES string of the molecule is CC(C)Sc1sc(C(=O)N2CCCC2)c2c1C(=O)/C(=C/O)C(C)(C)C2. The van der Waals surface area contributed by atoms with Crippen LogP contribution in [0.15, 0.2) is 16.0 Å². The van der Waals surface area contributed by atoms with E-state index in [1.807, 2.05) is 18.7 Å². The van der Waals surface area contributed by atoms with E-state index in [4.69, 9.17) is 0 Å². The predicted molar refractivity (Wildman–Crippen MR) is 103 cm³/mol. The van der Waals surface area contributed by atoms with Crippen LogP contribution in [0.3, 0.4) is 0 Å². The van der Waals surface area contributed by atoms with E-state index in [2.05, 4.69) is 13.8 Å². The fourth-order valence-corrected chi connectivity index (χ4v) is 6.39. The summed E-state index contributed by atoms with van der Waals surface area (Å²) >= 11 is 3.09. The van der Waals surface area contributed by atoms with Gasteiger partial charge < -0.3 is 10.0 Å². The maximum absolute atomic E-state index is 13.1. The minimum Gasteiger partial charge on any atom is -0.515 e. The molecule has 136 valence electrons. The van der Waals surface area contributed by atoms with E-state index in [1.54, 1.807) is 11.8 Å². The first-order chi connectivity index (χ1) is 11.8. The first kappa shape index (κ1) is 18.5. The summed E-state index contributed by atoms with van der Waals surface area (Å²) in [7, 11) is 0. The summed E-state index contributed by atoms with van der Waals surface area (Å²) < 4.78 is 0.910. The van der Waals surface area contributed by atoms with E-state index in [9.17, 15) is 14.7 Å². The Morgan fingerprint density at radius 2 is 1.96 bits per heavy atom. The standard InChI is InChI=1S/C19H25NO3S2/c1-11(2)24-18-14-12(9-19(3,4)13(10-21)15(14)22)16(25-18)17(23)20-7-5-6-8-20/h10-11,21H,5-9H2,1-4H3/b13-10-. The third-order valence-corrected chi connectivity index (χ3v) is 7.30. The second-order valence-electron chi connectivity index (χ2n) is 7.67. The Kier molecular flexibility index (Phi) is 5.04. The van der Waals surface area contributed by atoms with Gasteiger partial charge in [0.15, 0.2) is 5.78 Å². The minimum atomic E-state index is -0.473. The largest absolute Gasteiger partial charge is 0.515 e. The summed E-state index contributed by atoms with van der Waals surface area (Å²) in [6.07, 6.45) is 3.66. The molecule has 1 fully saturated rings. The summed E-state index contributed by atoms with van der Waals surface area (Å²) in [4.78, 5) is 28.7.